The summed E-state index contributed by atoms with van der Waals surface area (Å²) in [7, 11) is 0. The van der Waals surface area contributed by atoms with Crippen LogP contribution in [0.3, 0.4) is 0 Å². The minimum atomic E-state index is -0.0333. The topological polar surface area (TPSA) is 60.7 Å². The number of Topliss-reactive ketones (excluding diaryl/α,β-unsaturated/α-hetero) is 1. The van der Waals surface area contributed by atoms with E-state index in [1.807, 2.05) is 18.5 Å². The van der Waals surface area contributed by atoms with Gasteiger partial charge in [0.2, 0.25) is 0 Å². The van der Waals surface area contributed by atoms with E-state index in [9.17, 15) is 4.79 Å². The lowest BCUT2D eigenvalue weighted by Crippen LogP contribution is -2.10. The molecule has 0 aliphatic rings. The molecule has 0 atom stereocenters. The number of carbonyl (C=O) groups is 1. The van der Waals surface area contributed by atoms with Crippen LogP contribution in [0.4, 0.5) is 0 Å². The van der Waals surface area contributed by atoms with Gasteiger partial charge in [-0.3, -0.25) is 9.48 Å². The minimum absolute atomic E-state index is 0.0333. The Morgan fingerprint density at radius 1 is 1.59 bits per heavy atom. The largest absolute Gasteiger partial charge is 0.292 e. The quantitative estimate of drug-likeness (QED) is 0.812. The predicted molar refractivity (Wildman–Crippen MR) is 68.3 cm³/mol. The van der Waals surface area contributed by atoms with Gasteiger partial charge in [-0.15, -0.1) is 5.10 Å². The Bertz CT molecular complexity index is 535. The van der Waals surface area contributed by atoms with Crippen LogP contribution in [0, 0.1) is 6.92 Å². The molecule has 0 aromatic carbocycles. The standard InChI is InChI=1S/C10H11BrN4OS/c1-3-15-8(10(11)6(2)13-15)4-9(16)7-5-17-14-12-7/h5H,3-4H2,1-2H3. The molecular weight excluding hydrogens is 304 g/mol. The fourth-order valence-electron chi connectivity index (χ4n) is 1.57. The molecule has 5 nitrogen and oxygen atoms in total. The van der Waals surface area contributed by atoms with Crippen molar-refractivity contribution in [2.24, 2.45) is 0 Å². The van der Waals surface area contributed by atoms with Crippen molar-refractivity contribution in [2.45, 2.75) is 26.8 Å². The molecule has 0 aliphatic heterocycles. The van der Waals surface area contributed by atoms with E-state index >= 15 is 0 Å². The third-order valence-electron chi connectivity index (χ3n) is 2.43. The fraction of sp³-hybridized carbons (Fsp3) is 0.400. The Balaban J connectivity index is 2.27. The summed E-state index contributed by atoms with van der Waals surface area (Å²) in [5.74, 6) is -0.0333. The fourth-order valence-corrected chi connectivity index (χ4v) is 2.45. The molecule has 2 aromatic heterocycles. The molecular formula is C10H11BrN4OS. The molecule has 2 aromatic rings. The van der Waals surface area contributed by atoms with Crippen LogP contribution in [-0.4, -0.2) is 25.2 Å². The second-order valence-electron chi connectivity index (χ2n) is 3.55. The zero-order chi connectivity index (χ0) is 12.4. The van der Waals surface area contributed by atoms with Gasteiger partial charge in [-0.25, -0.2) is 0 Å². The summed E-state index contributed by atoms with van der Waals surface area (Å²) in [5, 5.41) is 9.79. The first-order chi connectivity index (χ1) is 8.13. The Morgan fingerprint density at radius 3 is 2.94 bits per heavy atom. The van der Waals surface area contributed by atoms with E-state index in [1.165, 1.54) is 11.5 Å². The van der Waals surface area contributed by atoms with Crippen LogP contribution in [0.2, 0.25) is 0 Å². The van der Waals surface area contributed by atoms with Crippen LogP contribution < -0.4 is 0 Å². The maximum Gasteiger partial charge on any atom is 0.189 e. The lowest BCUT2D eigenvalue weighted by molar-refractivity contribution is 0.0985. The highest BCUT2D eigenvalue weighted by Gasteiger charge is 2.17. The van der Waals surface area contributed by atoms with E-state index in [-0.39, 0.29) is 5.78 Å². The van der Waals surface area contributed by atoms with Crippen molar-refractivity contribution in [1.29, 1.82) is 0 Å². The van der Waals surface area contributed by atoms with E-state index in [4.69, 9.17) is 0 Å². The Morgan fingerprint density at radius 2 is 2.35 bits per heavy atom. The summed E-state index contributed by atoms with van der Waals surface area (Å²) in [4.78, 5) is 11.9. The first-order valence-electron chi connectivity index (χ1n) is 5.15. The van der Waals surface area contributed by atoms with E-state index in [0.29, 0.717) is 12.1 Å². The summed E-state index contributed by atoms with van der Waals surface area (Å²) >= 11 is 4.65. The van der Waals surface area contributed by atoms with Crippen LogP contribution in [0.1, 0.15) is 28.8 Å². The summed E-state index contributed by atoms with van der Waals surface area (Å²) in [6, 6.07) is 0. The van der Waals surface area contributed by atoms with Crippen molar-refractivity contribution in [3.8, 4) is 0 Å². The number of rotatable bonds is 4. The number of nitrogens with zero attached hydrogens (tertiary/aromatic N) is 4. The van der Waals surface area contributed by atoms with Crippen molar-refractivity contribution in [3.63, 3.8) is 0 Å². The summed E-state index contributed by atoms with van der Waals surface area (Å²) in [6.45, 7) is 4.65. The van der Waals surface area contributed by atoms with Crippen LogP contribution in [0.5, 0.6) is 0 Å². The Hall–Kier alpha value is -1.08. The predicted octanol–water partition coefficient (Wildman–Crippen LogP) is 2.25. The molecule has 0 spiro atoms. The SMILES string of the molecule is CCn1nc(C)c(Br)c1CC(=O)c1csnn1. The first-order valence-corrected chi connectivity index (χ1v) is 6.78. The summed E-state index contributed by atoms with van der Waals surface area (Å²) in [5.41, 5.74) is 2.21. The highest BCUT2D eigenvalue weighted by atomic mass is 79.9. The molecule has 0 aliphatic carbocycles. The van der Waals surface area contributed by atoms with Crippen LogP contribution in [0.15, 0.2) is 9.85 Å². The van der Waals surface area contributed by atoms with Gasteiger partial charge in [0.15, 0.2) is 5.78 Å². The highest BCUT2D eigenvalue weighted by molar-refractivity contribution is 9.10. The number of aromatic nitrogens is 4. The smallest absolute Gasteiger partial charge is 0.189 e. The van der Waals surface area contributed by atoms with Crippen LogP contribution in [0.25, 0.3) is 0 Å². The third kappa shape index (κ3) is 2.44. The molecule has 0 saturated carbocycles. The molecule has 0 bridgehead atoms. The van der Waals surface area contributed by atoms with E-state index in [2.05, 4.69) is 30.6 Å². The minimum Gasteiger partial charge on any atom is -0.292 e. The van der Waals surface area contributed by atoms with Crippen LogP contribution >= 0.6 is 27.5 Å². The molecule has 0 N–H and O–H groups in total. The summed E-state index contributed by atoms with van der Waals surface area (Å²) < 4.78 is 6.42. The first kappa shape index (κ1) is 12.4. The number of ketones is 1. The van der Waals surface area contributed by atoms with Crippen molar-refractivity contribution in [1.82, 2.24) is 19.4 Å². The molecule has 7 heteroatoms. The second kappa shape index (κ2) is 5.05. The average Bonchev–Trinajstić information content (AvgIpc) is 2.92. The van der Waals surface area contributed by atoms with Gasteiger partial charge >= 0.3 is 0 Å². The van der Waals surface area contributed by atoms with Gasteiger partial charge in [0.25, 0.3) is 0 Å². The molecule has 0 fully saturated rings. The number of carbonyl (C=O) groups excluding carboxylic acids is 1. The monoisotopic (exact) mass is 314 g/mol. The normalized spacial score (nSPS) is 10.8. The molecule has 17 heavy (non-hydrogen) atoms. The number of aryl methyl sites for hydroxylation is 2. The molecule has 0 amide bonds. The molecule has 90 valence electrons. The number of hydrogen-bond acceptors (Lipinski definition) is 5. The zero-order valence-corrected chi connectivity index (χ0v) is 11.9. The number of halogens is 1. The van der Waals surface area contributed by atoms with Gasteiger partial charge in [0.05, 0.1) is 22.3 Å². The zero-order valence-electron chi connectivity index (χ0n) is 9.47. The van der Waals surface area contributed by atoms with E-state index in [0.717, 1.165) is 22.4 Å². The molecule has 0 saturated heterocycles. The lowest BCUT2D eigenvalue weighted by atomic mass is 10.2. The second-order valence-corrected chi connectivity index (χ2v) is 4.95. The van der Waals surface area contributed by atoms with Crippen molar-refractivity contribution in [2.75, 3.05) is 0 Å². The lowest BCUT2D eigenvalue weighted by Gasteiger charge is -2.03. The van der Waals surface area contributed by atoms with Crippen molar-refractivity contribution < 1.29 is 4.79 Å². The highest BCUT2D eigenvalue weighted by Crippen LogP contribution is 2.22. The molecule has 2 rings (SSSR count). The van der Waals surface area contributed by atoms with E-state index in [1.54, 1.807) is 5.38 Å². The van der Waals surface area contributed by atoms with Gasteiger partial charge < -0.3 is 0 Å². The summed E-state index contributed by atoms with van der Waals surface area (Å²) in [6.07, 6.45) is 0.292. The number of hydrogen-bond donors (Lipinski definition) is 0. The Kier molecular flexibility index (Phi) is 3.68. The van der Waals surface area contributed by atoms with Gasteiger partial charge in [0, 0.05) is 11.9 Å². The van der Waals surface area contributed by atoms with E-state index < -0.39 is 0 Å². The molecule has 0 unspecified atom stereocenters. The van der Waals surface area contributed by atoms with Gasteiger partial charge in [-0.1, -0.05) is 4.49 Å². The molecule has 0 radical (unpaired) electrons. The van der Waals surface area contributed by atoms with Crippen LogP contribution in [-0.2, 0) is 13.0 Å². The maximum absolute atomic E-state index is 11.9. The molecule has 2 heterocycles. The Labute approximate surface area is 111 Å². The van der Waals surface area contributed by atoms with Crippen molar-refractivity contribution in [3.05, 3.63) is 26.9 Å². The van der Waals surface area contributed by atoms with Gasteiger partial charge in [0.1, 0.15) is 5.69 Å². The van der Waals surface area contributed by atoms with Gasteiger partial charge in [-0.05, 0) is 41.3 Å². The van der Waals surface area contributed by atoms with Gasteiger partial charge in [-0.2, -0.15) is 5.10 Å². The van der Waals surface area contributed by atoms with Crippen molar-refractivity contribution >= 4 is 33.2 Å². The maximum atomic E-state index is 11.9. The average molecular weight is 315 g/mol. The third-order valence-corrected chi connectivity index (χ3v) is 3.96.